The summed E-state index contributed by atoms with van der Waals surface area (Å²) in [5.74, 6) is -0.0747. The van der Waals surface area contributed by atoms with Crippen LogP contribution in [-0.4, -0.2) is 22.5 Å². The number of para-hydroxylation sites is 1. The molecule has 1 amide bonds. The van der Waals surface area contributed by atoms with Crippen molar-refractivity contribution in [1.29, 1.82) is 0 Å². The molecule has 0 unspecified atom stereocenters. The number of pyridine rings is 1. The number of aryl methyl sites for hydroxylation is 1. The largest absolute Gasteiger partial charge is 0.484 e. The second kappa shape index (κ2) is 8.36. The lowest BCUT2D eigenvalue weighted by Gasteiger charge is -2.19. The third-order valence-electron chi connectivity index (χ3n) is 4.29. The highest BCUT2D eigenvalue weighted by molar-refractivity contribution is 7.22. The molecule has 2 aromatic carbocycles. The third-order valence-corrected chi connectivity index (χ3v) is 5.33. The number of hydrogen-bond acceptors (Lipinski definition) is 5. The maximum atomic E-state index is 14.1. The number of aromatic nitrogens is 2. The summed E-state index contributed by atoms with van der Waals surface area (Å²) in [5, 5.41) is 0.411. The fourth-order valence-corrected chi connectivity index (χ4v) is 3.86. The topological polar surface area (TPSA) is 55.3 Å². The van der Waals surface area contributed by atoms with Crippen LogP contribution in [0.4, 0.5) is 9.52 Å². The van der Waals surface area contributed by atoms with Crippen LogP contribution in [-0.2, 0) is 11.3 Å². The summed E-state index contributed by atoms with van der Waals surface area (Å²) in [5.41, 5.74) is 2.00. The highest BCUT2D eigenvalue weighted by atomic mass is 32.1. The first-order chi connectivity index (χ1) is 14.1. The lowest BCUT2D eigenvalue weighted by Crippen LogP contribution is -2.34. The van der Waals surface area contributed by atoms with E-state index in [1.807, 2.05) is 43.3 Å². The van der Waals surface area contributed by atoms with Crippen molar-refractivity contribution < 1.29 is 13.9 Å². The van der Waals surface area contributed by atoms with Gasteiger partial charge in [0, 0.05) is 6.20 Å². The number of benzene rings is 2. The number of carbonyl (C=O) groups excluding carboxylic acids is 1. The Morgan fingerprint density at radius 2 is 2.00 bits per heavy atom. The monoisotopic (exact) mass is 407 g/mol. The van der Waals surface area contributed by atoms with Crippen molar-refractivity contribution in [3.63, 3.8) is 0 Å². The Morgan fingerprint density at radius 3 is 2.76 bits per heavy atom. The number of hydrogen-bond donors (Lipinski definition) is 0. The quantitative estimate of drug-likeness (QED) is 0.463. The molecule has 0 saturated carbocycles. The predicted molar refractivity (Wildman–Crippen MR) is 112 cm³/mol. The van der Waals surface area contributed by atoms with Gasteiger partial charge < -0.3 is 4.74 Å². The number of carbonyl (C=O) groups is 1. The van der Waals surface area contributed by atoms with E-state index in [-0.39, 0.29) is 24.6 Å². The Bertz CT molecular complexity index is 1150. The molecule has 0 fully saturated rings. The molecule has 4 rings (SSSR count). The van der Waals surface area contributed by atoms with Gasteiger partial charge in [0.05, 0.1) is 16.9 Å². The minimum Gasteiger partial charge on any atom is -0.484 e. The molecule has 0 N–H and O–H groups in total. The van der Waals surface area contributed by atoms with E-state index in [0.29, 0.717) is 21.3 Å². The SMILES string of the molecule is Cc1cccc(OCC(=O)N(Cc2ccccn2)c2nc3c(F)cccc3s2)c1. The van der Waals surface area contributed by atoms with Gasteiger partial charge in [0.1, 0.15) is 17.1 Å². The Morgan fingerprint density at radius 1 is 1.14 bits per heavy atom. The van der Waals surface area contributed by atoms with E-state index in [1.165, 1.54) is 22.3 Å². The van der Waals surface area contributed by atoms with Crippen LogP contribution in [0.1, 0.15) is 11.3 Å². The van der Waals surface area contributed by atoms with Crippen molar-refractivity contribution in [3.05, 3.63) is 83.9 Å². The van der Waals surface area contributed by atoms with Crippen LogP contribution >= 0.6 is 11.3 Å². The third kappa shape index (κ3) is 4.41. The smallest absolute Gasteiger partial charge is 0.267 e. The van der Waals surface area contributed by atoms with Crippen LogP contribution in [0.15, 0.2) is 66.9 Å². The Kier molecular flexibility index (Phi) is 5.48. The van der Waals surface area contributed by atoms with Gasteiger partial charge in [0.15, 0.2) is 11.7 Å². The van der Waals surface area contributed by atoms with Crippen molar-refractivity contribution in [2.45, 2.75) is 13.5 Å². The highest BCUT2D eigenvalue weighted by Crippen LogP contribution is 2.31. The summed E-state index contributed by atoms with van der Waals surface area (Å²) < 4.78 is 20.5. The molecular weight excluding hydrogens is 389 g/mol. The minimum absolute atomic E-state index is 0.158. The minimum atomic E-state index is -0.411. The molecule has 0 aliphatic rings. The number of nitrogens with zero attached hydrogens (tertiary/aromatic N) is 3. The summed E-state index contributed by atoms with van der Waals surface area (Å²) in [7, 11) is 0. The highest BCUT2D eigenvalue weighted by Gasteiger charge is 2.22. The van der Waals surface area contributed by atoms with Gasteiger partial charge in [-0.3, -0.25) is 14.7 Å². The average molecular weight is 407 g/mol. The first kappa shape index (κ1) is 19.0. The molecule has 2 heterocycles. The number of anilines is 1. The van der Waals surface area contributed by atoms with Gasteiger partial charge >= 0.3 is 0 Å². The standard InChI is InChI=1S/C22H18FN3O2S/c1-15-6-4-8-17(12-15)28-14-20(27)26(13-16-7-2-3-11-24-16)22-25-21-18(23)9-5-10-19(21)29-22/h2-12H,13-14H2,1H3. The molecule has 0 radical (unpaired) electrons. The number of thiazole rings is 1. The van der Waals surface area contributed by atoms with E-state index in [9.17, 15) is 9.18 Å². The summed E-state index contributed by atoms with van der Waals surface area (Å²) >= 11 is 1.26. The summed E-state index contributed by atoms with van der Waals surface area (Å²) in [6.07, 6.45) is 1.67. The number of fused-ring (bicyclic) bond motifs is 1. The van der Waals surface area contributed by atoms with E-state index < -0.39 is 5.82 Å². The number of ether oxygens (including phenoxy) is 1. The van der Waals surface area contributed by atoms with Gasteiger partial charge in [-0.25, -0.2) is 9.37 Å². The lowest BCUT2D eigenvalue weighted by molar-refractivity contribution is -0.120. The number of rotatable bonds is 6. The molecule has 0 saturated heterocycles. The van der Waals surface area contributed by atoms with Gasteiger partial charge in [0.2, 0.25) is 0 Å². The molecule has 0 spiro atoms. The normalized spacial score (nSPS) is 10.8. The molecule has 0 bridgehead atoms. The van der Waals surface area contributed by atoms with Gasteiger partial charge in [-0.15, -0.1) is 0 Å². The van der Waals surface area contributed by atoms with Gasteiger partial charge in [-0.1, -0.05) is 35.6 Å². The number of halogens is 1. The van der Waals surface area contributed by atoms with E-state index in [0.717, 1.165) is 5.56 Å². The van der Waals surface area contributed by atoms with Gasteiger partial charge in [0.25, 0.3) is 5.91 Å². The Hall–Kier alpha value is -3.32. The molecule has 29 heavy (non-hydrogen) atoms. The molecule has 4 aromatic rings. The summed E-state index contributed by atoms with van der Waals surface area (Å²) in [6.45, 7) is 2.02. The van der Waals surface area contributed by atoms with Crippen LogP contribution in [0.25, 0.3) is 10.2 Å². The van der Waals surface area contributed by atoms with Crippen molar-refractivity contribution in [2.75, 3.05) is 11.5 Å². The zero-order valence-electron chi connectivity index (χ0n) is 15.7. The van der Waals surface area contributed by atoms with Crippen LogP contribution in [0.2, 0.25) is 0 Å². The lowest BCUT2D eigenvalue weighted by atomic mass is 10.2. The Labute approximate surface area is 171 Å². The molecule has 146 valence electrons. The summed E-state index contributed by atoms with van der Waals surface area (Å²) in [6, 6.07) is 17.8. The Balaban J connectivity index is 1.62. The van der Waals surface area contributed by atoms with Crippen LogP contribution in [0, 0.1) is 12.7 Å². The van der Waals surface area contributed by atoms with Crippen molar-refractivity contribution in [3.8, 4) is 5.75 Å². The fraction of sp³-hybridized carbons (Fsp3) is 0.136. The van der Waals surface area contributed by atoms with Gasteiger partial charge in [-0.2, -0.15) is 0 Å². The number of amides is 1. The molecule has 5 nitrogen and oxygen atoms in total. The van der Waals surface area contributed by atoms with Crippen LogP contribution in [0.3, 0.4) is 0 Å². The van der Waals surface area contributed by atoms with E-state index >= 15 is 0 Å². The zero-order valence-corrected chi connectivity index (χ0v) is 16.5. The second-order valence-electron chi connectivity index (χ2n) is 6.49. The van der Waals surface area contributed by atoms with Crippen LogP contribution in [0.5, 0.6) is 5.75 Å². The van der Waals surface area contributed by atoms with Crippen molar-refractivity contribution >= 4 is 32.6 Å². The molecular formula is C22H18FN3O2S. The molecule has 0 aliphatic carbocycles. The molecule has 0 aliphatic heterocycles. The summed E-state index contributed by atoms with van der Waals surface area (Å²) in [4.78, 5) is 23.2. The fourth-order valence-electron chi connectivity index (χ4n) is 2.86. The van der Waals surface area contributed by atoms with Gasteiger partial charge in [-0.05, 0) is 48.9 Å². The predicted octanol–water partition coefficient (Wildman–Crippen LogP) is 4.75. The van der Waals surface area contributed by atoms with E-state index in [1.54, 1.807) is 24.4 Å². The zero-order chi connectivity index (χ0) is 20.2. The van der Waals surface area contributed by atoms with Crippen LogP contribution < -0.4 is 9.64 Å². The van der Waals surface area contributed by atoms with E-state index in [4.69, 9.17) is 4.74 Å². The molecule has 7 heteroatoms. The molecule has 2 aromatic heterocycles. The second-order valence-corrected chi connectivity index (χ2v) is 7.50. The maximum absolute atomic E-state index is 14.1. The van der Waals surface area contributed by atoms with E-state index in [2.05, 4.69) is 9.97 Å². The first-order valence-corrected chi connectivity index (χ1v) is 9.86. The van der Waals surface area contributed by atoms with Crippen molar-refractivity contribution in [2.24, 2.45) is 0 Å². The maximum Gasteiger partial charge on any atom is 0.267 e. The average Bonchev–Trinajstić information content (AvgIpc) is 3.16. The van der Waals surface area contributed by atoms with Crippen molar-refractivity contribution in [1.82, 2.24) is 9.97 Å². The first-order valence-electron chi connectivity index (χ1n) is 9.05. The molecule has 0 atom stereocenters.